The first-order chi connectivity index (χ1) is 47.7. The van der Waals surface area contributed by atoms with Crippen LogP contribution in [0.3, 0.4) is 0 Å². The number of carbonyl (C=O) groups is 13. The number of amides is 12. The van der Waals surface area contributed by atoms with Gasteiger partial charge in [0, 0.05) is 26.2 Å². The lowest BCUT2D eigenvalue weighted by Gasteiger charge is -2.30. The number of guanidine groups is 3. The molecule has 0 radical (unpaired) electrons. The van der Waals surface area contributed by atoms with Crippen molar-refractivity contribution in [2.45, 2.75) is 240 Å². The van der Waals surface area contributed by atoms with Crippen LogP contribution in [0.1, 0.15) is 167 Å². The molecule has 1 rings (SSSR count). The summed E-state index contributed by atoms with van der Waals surface area (Å²) in [6.07, 6.45) is 0.466. The van der Waals surface area contributed by atoms with Crippen molar-refractivity contribution in [2.24, 2.45) is 90.6 Å². The Bertz CT molecular complexity index is 2880. The molecule has 37 nitrogen and oxygen atoms in total. The normalized spacial score (nSPS) is 16.6. The fourth-order valence-corrected chi connectivity index (χ4v) is 10.7. The van der Waals surface area contributed by atoms with Crippen molar-refractivity contribution in [3.05, 3.63) is 0 Å². The second kappa shape index (κ2) is 46.4. The van der Waals surface area contributed by atoms with E-state index in [0.717, 1.165) is 0 Å². The molecule has 1 saturated heterocycles. The Labute approximate surface area is 598 Å². The number of likely N-dealkylation sites (tertiary alicyclic amines) is 1. The Morgan fingerprint density at radius 2 is 0.843 bits per heavy atom. The fraction of sp³-hybridized carbons (Fsp3) is 0.754. The number of hydrogen-bond donors (Lipinski definition) is 20. The number of aliphatic hydroxyl groups is 1. The quantitative estimate of drug-likeness (QED) is 0.0154. The number of aliphatic imine (C=N–C) groups is 3. The van der Waals surface area contributed by atoms with Gasteiger partial charge in [-0.15, -0.1) is 0 Å². The van der Waals surface area contributed by atoms with Crippen LogP contribution in [0.5, 0.6) is 0 Å². The summed E-state index contributed by atoms with van der Waals surface area (Å²) in [4.78, 5) is 192. The van der Waals surface area contributed by atoms with Crippen molar-refractivity contribution in [2.75, 3.05) is 39.3 Å². The second-order valence-electron chi connectivity index (χ2n) is 27.5. The largest absolute Gasteiger partial charge is 0.480 e. The SMILES string of the molecule is CC[C@H](C)[C@H](N)C(=O)N[C@@H](CCCN=C(N)N)C(=O)N1CCC[C@H]1C(=O)NCC(=O)N[C@H](C(=O)N[C@H](C(=O)N[C@@H](CC(C)C)C(=O)N[C@@H](CCCN=C(N)N)C(=O)N[C@H](C(=O)N[C@@H](CCCN=C(N)N)C(=O)NCC(=O)N[C@@H](CC(C)C)C(=O)N[C@H](C(=O)O)C(C)C)[C@@H](C)CC)C(C)C)[C@@H](C)O. The molecule has 27 N–H and O–H groups in total. The second-order valence-corrected chi connectivity index (χ2v) is 27.5. The van der Waals surface area contributed by atoms with Gasteiger partial charge >= 0.3 is 5.97 Å². The van der Waals surface area contributed by atoms with Gasteiger partial charge < -0.3 is 114 Å². The van der Waals surface area contributed by atoms with Gasteiger partial charge in [0.15, 0.2) is 17.9 Å². The molecule has 0 spiro atoms. The van der Waals surface area contributed by atoms with E-state index in [1.165, 1.54) is 11.8 Å². The third-order valence-electron chi connectivity index (χ3n) is 17.0. The maximum atomic E-state index is 14.6. The van der Waals surface area contributed by atoms with E-state index in [9.17, 15) is 72.5 Å². The van der Waals surface area contributed by atoms with E-state index < -0.39 is 180 Å². The molecule has 37 heteroatoms. The molecular weight excluding hydrogens is 1330 g/mol. The molecule has 1 aliphatic heterocycles. The van der Waals surface area contributed by atoms with Crippen molar-refractivity contribution >= 4 is 94.7 Å². The molecule has 0 aliphatic carbocycles. The Morgan fingerprint density at radius 1 is 0.451 bits per heavy atom. The topological polar surface area (TPSA) is 617 Å². The summed E-state index contributed by atoms with van der Waals surface area (Å²) >= 11 is 0. The minimum absolute atomic E-state index is 0.00347. The summed E-state index contributed by atoms with van der Waals surface area (Å²) in [5.74, 6) is -14.0. The lowest BCUT2D eigenvalue weighted by Crippen LogP contribution is -2.62. The molecule has 102 heavy (non-hydrogen) atoms. The standard InChI is InChI=1S/C65H120N22O15/c1-14-36(11)47(66)57(96)81-41(22-18-26-75-65(71)72)61(100)87-27-19-23-44(87)56(95)77-31-46(90)83-51(38(13)88)60(99)84-48(34(7)8)58(97)82-43(29-33(5)6)54(93)79-40(21-17-25-74-64(69)70)53(92)86-50(37(12)15-2)59(98)80-39(20-16-24-73-63(67)68)52(91)76-30-45(89)78-42(28-32(3)4)55(94)85-49(35(9)10)62(101)102/h32-44,47-51,88H,14-31,66H2,1-13H3,(H,76,91)(H,77,95)(H,78,89)(H,79,93)(H,80,98)(H,81,96)(H,82,97)(H,83,90)(H,84,99)(H,85,94)(H,86,92)(H,101,102)(H4,67,68,73)(H4,69,70,74)(H4,71,72,75)/t36-,37-,38+,39-,40-,41-,42-,43-,44-,47-,48-,49-,50-,51-/m0/s1. The highest BCUT2D eigenvalue weighted by Crippen LogP contribution is 2.21. The average molecular weight is 1450 g/mol. The number of hydrogen-bond acceptors (Lipinski definition) is 18. The van der Waals surface area contributed by atoms with Gasteiger partial charge in [0.25, 0.3) is 0 Å². The predicted octanol–water partition coefficient (Wildman–Crippen LogP) is -4.98. The van der Waals surface area contributed by atoms with E-state index in [1.807, 2.05) is 6.92 Å². The number of carbonyl (C=O) groups excluding carboxylic acids is 12. The average Bonchev–Trinajstić information content (AvgIpc) is 1.54. The molecule has 0 aromatic heterocycles. The molecule has 1 aliphatic rings. The summed E-state index contributed by atoms with van der Waals surface area (Å²) in [6.45, 7) is 20.7. The van der Waals surface area contributed by atoms with Crippen molar-refractivity contribution in [1.82, 2.24) is 63.4 Å². The number of nitrogens with one attached hydrogen (secondary N) is 11. The lowest BCUT2D eigenvalue weighted by atomic mass is 9.96. The maximum Gasteiger partial charge on any atom is 0.326 e. The molecule has 0 unspecified atom stereocenters. The Hall–Kier alpha value is -9.16. The van der Waals surface area contributed by atoms with Crippen molar-refractivity contribution in [3.8, 4) is 0 Å². The molecule has 0 aromatic rings. The summed E-state index contributed by atoms with van der Waals surface area (Å²) in [6, 6.07) is -14.2. The van der Waals surface area contributed by atoms with Crippen LogP contribution < -0.4 is 98.6 Å². The first-order valence-corrected chi connectivity index (χ1v) is 35.1. The van der Waals surface area contributed by atoms with Crippen LogP contribution in [0.4, 0.5) is 0 Å². The zero-order valence-electron chi connectivity index (χ0n) is 61.7. The van der Waals surface area contributed by atoms with Gasteiger partial charge in [-0.2, -0.15) is 0 Å². The molecule has 0 aromatic carbocycles. The third-order valence-corrected chi connectivity index (χ3v) is 17.0. The van der Waals surface area contributed by atoms with E-state index in [2.05, 4.69) is 73.5 Å². The van der Waals surface area contributed by atoms with Gasteiger partial charge in [-0.05, 0) is 107 Å². The van der Waals surface area contributed by atoms with Crippen LogP contribution in [0.25, 0.3) is 0 Å². The van der Waals surface area contributed by atoms with E-state index in [0.29, 0.717) is 19.3 Å². The smallest absolute Gasteiger partial charge is 0.326 e. The summed E-state index contributed by atoms with van der Waals surface area (Å²) < 4.78 is 0. The summed E-state index contributed by atoms with van der Waals surface area (Å²) in [5.41, 5.74) is 39.3. The lowest BCUT2D eigenvalue weighted by molar-refractivity contribution is -0.143. The molecule has 1 heterocycles. The van der Waals surface area contributed by atoms with Gasteiger partial charge in [0.2, 0.25) is 70.9 Å². The monoisotopic (exact) mass is 1450 g/mol. The third kappa shape index (κ3) is 33.5. The highest BCUT2D eigenvalue weighted by Gasteiger charge is 2.41. The van der Waals surface area contributed by atoms with E-state index in [-0.39, 0.29) is 120 Å². The molecule has 1 fully saturated rings. The molecule has 580 valence electrons. The van der Waals surface area contributed by atoms with Crippen LogP contribution in [0, 0.1) is 35.5 Å². The van der Waals surface area contributed by atoms with E-state index in [4.69, 9.17) is 40.1 Å². The van der Waals surface area contributed by atoms with Crippen molar-refractivity contribution < 1.29 is 72.5 Å². The van der Waals surface area contributed by atoms with Gasteiger partial charge in [-0.25, -0.2) is 4.79 Å². The number of nitrogens with two attached hydrogens (primary N) is 7. The molecule has 12 amide bonds. The van der Waals surface area contributed by atoms with Crippen molar-refractivity contribution in [1.29, 1.82) is 0 Å². The Kier molecular flexibility index (Phi) is 41.3. The predicted molar refractivity (Wildman–Crippen MR) is 383 cm³/mol. The fourth-order valence-electron chi connectivity index (χ4n) is 10.7. The summed E-state index contributed by atoms with van der Waals surface area (Å²) in [7, 11) is 0. The van der Waals surface area contributed by atoms with Crippen LogP contribution in [-0.4, -0.2) is 222 Å². The number of carboxylic acid groups (broad SMARTS) is 1. The van der Waals surface area contributed by atoms with Crippen LogP contribution >= 0.6 is 0 Å². The molecule has 0 bridgehead atoms. The van der Waals surface area contributed by atoms with E-state index >= 15 is 0 Å². The first-order valence-electron chi connectivity index (χ1n) is 35.1. The number of nitrogens with zero attached hydrogens (tertiary/aromatic N) is 4. The minimum Gasteiger partial charge on any atom is -0.480 e. The molecule has 0 saturated carbocycles. The Morgan fingerprint density at radius 3 is 1.31 bits per heavy atom. The van der Waals surface area contributed by atoms with Crippen LogP contribution in [-0.2, 0) is 62.3 Å². The Balaban J connectivity index is 3.47. The van der Waals surface area contributed by atoms with Gasteiger partial charge in [0.1, 0.15) is 60.4 Å². The van der Waals surface area contributed by atoms with Crippen molar-refractivity contribution in [3.63, 3.8) is 0 Å². The van der Waals surface area contributed by atoms with Gasteiger partial charge in [0.05, 0.1) is 25.2 Å². The zero-order valence-corrected chi connectivity index (χ0v) is 61.7. The first kappa shape index (κ1) is 90.9. The number of rotatable bonds is 47. The van der Waals surface area contributed by atoms with Crippen LogP contribution in [0.2, 0.25) is 0 Å². The van der Waals surface area contributed by atoms with Crippen LogP contribution in [0.15, 0.2) is 15.0 Å². The highest BCUT2D eigenvalue weighted by molar-refractivity contribution is 5.99. The van der Waals surface area contributed by atoms with Gasteiger partial charge in [-0.3, -0.25) is 72.5 Å². The molecular formula is C65H120N22O15. The number of aliphatic carboxylic acids is 1. The van der Waals surface area contributed by atoms with Gasteiger partial charge in [-0.1, -0.05) is 95.9 Å². The zero-order chi connectivity index (χ0) is 77.8. The number of aliphatic hydroxyl groups excluding tert-OH is 1. The molecule has 14 atom stereocenters. The maximum absolute atomic E-state index is 14.6. The van der Waals surface area contributed by atoms with E-state index in [1.54, 1.807) is 76.2 Å². The summed E-state index contributed by atoms with van der Waals surface area (Å²) in [5, 5.41) is 48.9. The minimum atomic E-state index is -1.70. The highest BCUT2D eigenvalue weighted by atomic mass is 16.4. The number of carboxylic acids is 1.